The van der Waals surface area contributed by atoms with Gasteiger partial charge >= 0.3 is 0 Å². The lowest BCUT2D eigenvalue weighted by molar-refractivity contribution is -0.137. The third-order valence-corrected chi connectivity index (χ3v) is 3.97. The van der Waals surface area contributed by atoms with Crippen molar-refractivity contribution in [3.63, 3.8) is 0 Å². The van der Waals surface area contributed by atoms with Crippen LogP contribution in [0.4, 0.5) is 0 Å². The van der Waals surface area contributed by atoms with E-state index in [1.807, 2.05) is 4.90 Å². The fourth-order valence-electron chi connectivity index (χ4n) is 2.99. The molecule has 1 saturated heterocycles. The molecule has 1 aliphatic heterocycles. The quantitative estimate of drug-likeness (QED) is 0.743. The summed E-state index contributed by atoms with van der Waals surface area (Å²) < 4.78 is 0. The molecule has 3 atom stereocenters. The van der Waals surface area contributed by atoms with Crippen LogP contribution < -0.4 is 5.32 Å². The molecule has 5 heteroatoms. The molecule has 0 radical (unpaired) electrons. The van der Waals surface area contributed by atoms with Gasteiger partial charge < -0.3 is 15.3 Å². The van der Waals surface area contributed by atoms with E-state index in [9.17, 15) is 14.7 Å². The minimum Gasteiger partial charge on any atom is -0.391 e. The Hall–Kier alpha value is -1.10. The van der Waals surface area contributed by atoms with Crippen molar-refractivity contribution in [1.29, 1.82) is 0 Å². The van der Waals surface area contributed by atoms with E-state index in [2.05, 4.69) is 5.32 Å². The zero-order valence-electron chi connectivity index (χ0n) is 10.9. The lowest BCUT2D eigenvalue weighted by atomic mass is 9.83. The summed E-state index contributed by atoms with van der Waals surface area (Å²) in [5.74, 6) is 0.0198. The van der Waals surface area contributed by atoms with Gasteiger partial charge in [-0.25, -0.2) is 0 Å². The summed E-state index contributed by atoms with van der Waals surface area (Å²) in [6, 6.07) is -0.271. The van der Waals surface area contributed by atoms with Crippen LogP contribution >= 0.6 is 0 Å². The molecule has 1 aliphatic carbocycles. The fraction of sp³-hybridized carbons (Fsp3) is 0.846. The second kappa shape index (κ2) is 5.69. The maximum atomic E-state index is 12.3. The predicted molar refractivity (Wildman–Crippen MR) is 66.8 cm³/mol. The summed E-state index contributed by atoms with van der Waals surface area (Å²) in [4.78, 5) is 25.3. The summed E-state index contributed by atoms with van der Waals surface area (Å²) in [5, 5.41) is 12.6. The van der Waals surface area contributed by atoms with Crippen LogP contribution in [-0.4, -0.2) is 47.1 Å². The topological polar surface area (TPSA) is 69.6 Å². The third kappa shape index (κ3) is 3.02. The predicted octanol–water partition coefficient (Wildman–Crippen LogP) is 0.274. The molecule has 18 heavy (non-hydrogen) atoms. The Morgan fingerprint density at radius 1 is 1.22 bits per heavy atom. The van der Waals surface area contributed by atoms with Gasteiger partial charge in [-0.3, -0.25) is 9.59 Å². The first kappa shape index (κ1) is 13.3. The van der Waals surface area contributed by atoms with Crippen molar-refractivity contribution in [2.75, 3.05) is 13.1 Å². The van der Waals surface area contributed by atoms with Gasteiger partial charge in [0.05, 0.1) is 12.1 Å². The summed E-state index contributed by atoms with van der Waals surface area (Å²) >= 11 is 0. The van der Waals surface area contributed by atoms with Crippen molar-refractivity contribution in [3.8, 4) is 0 Å². The summed E-state index contributed by atoms with van der Waals surface area (Å²) in [7, 11) is 0. The molecule has 102 valence electrons. The molecular weight excluding hydrogens is 232 g/mol. The second-order valence-corrected chi connectivity index (χ2v) is 5.42. The number of likely N-dealkylation sites (tertiary alicyclic amines) is 1. The van der Waals surface area contributed by atoms with Gasteiger partial charge in [0.1, 0.15) is 0 Å². The Kier molecular flexibility index (Phi) is 4.22. The first-order valence-corrected chi connectivity index (χ1v) is 6.82. The first-order valence-electron chi connectivity index (χ1n) is 6.82. The van der Waals surface area contributed by atoms with E-state index >= 15 is 0 Å². The molecule has 0 spiro atoms. The van der Waals surface area contributed by atoms with Crippen molar-refractivity contribution in [2.24, 2.45) is 5.92 Å². The molecule has 2 rings (SSSR count). The van der Waals surface area contributed by atoms with Gasteiger partial charge in [0.15, 0.2) is 0 Å². The zero-order valence-corrected chi connectivity index (χ0v) is 10.9. The van der Waals surface area contributed by atoms with Crippen molar-refractivity contribution < 1.29 is 14.7 Å². The van der Waals surface area contributed by atoms with Gasteiger partial charge in [0.25, 0.3) is 0 Å². The Labute approximate surface area is 108 Å². The Morgan fingerprint density at radius 2 is 1.89 bits per heavy atom. The Balaban J connectivity index is 1.93. The largest absolute Gasteiger partial charge is 0.391 e. The monoisotopic (exact) mass is 254 g/mol. The second-order valence-electron chi connectivity index (χ2n) is 5.42. The molecule has 0 aromatic rings. The van der Waals surface area contributed by atoms with E-state index in [4.69, 9.17) is 0 Å². The normalized spacial score (nSPS) is 32.3. The lowest BCUT2D eigenvalue weighted by Gasteiger charge is -2.34. The zero-order chi connectivity index (χ0) is 13.1. The Bertz CT molecular complexity index is 326. The maximum Gasteiger partial charge on any atom is 0.225 e. The van der Waals surface area contributed by atoms with Crippen LogP contribution in [-0.2, 0) is 9.59 Å². The number of carbonyl (C=O) groups is 2. The van der Waals surface area contributed by atoms with Gasteiger partial charge in [-0.1, -0.05) is 0 Å². The van der Waals surface area contributed by atoms with Crippen molar-refractivity contribution in [2.45, 2.75) is 51.2 Å². The first-order chi connectivity index (χ1) is 8.58. The highest BCUT2D eigenvalue weighted by Gasteiger charge is 2.35. The van der Waals surface area contributed by atoms with Gasteiger partial charge in [0, 0.05) is 25.9 Å². The van der Waals surface area contributed by atoms with Crippen LogP contribution in [0.5, 0.6) is 0 Å². The van der Waals surface area contributed by atoms with E-state index < -0.39 is 6.10 Å². The molecule has 0 aromatic carbocycles. The van der Waals surface area contributed by atoms with Crippen LogP contribution in [0.15, 0.2) is 0 Å². The standard InChI is InChI=1S/C13H22N2O3/c1-9(16)14-11-8-10(4-5-12(11)17)13(18)15-6-2-3-7-15/h10-12,17H,2-8H2,1H3,(H,14,16)/t10-,11+,12+/m0/s1. The van der Waals surface area contributed by atoms with E-state index in [1.165, 1.54) is 6.92 Å². The van der Waals surface area contributed by atoms with Crippen molar-refractivity contribution >= 4 is 11.8 Å². The molecule has 5 nitrogen and oxygen atoms in total. The molecule has 0 bridgehead atoms. The molecule has 0 unspecified atom stereocenters. The number of aliphatic hydroxyl groups is 1. The van der Waals surface area contributed by atoms with Crippen LogP contribution in [0.1, 0.15) is 39.0 Å². The van der Waals surface area contributed by atoms with Crippen LogP contribution in [0, 0.1) is 5.92 Å². The molecule has 0 aromatic heterocycles. The summed E-state index contributed by atoms with van der Waals surface area (Å²) in [6.45, 7) is 3.17. The summed E-state index contributed by atoms with van der Waals surface area (Å²) in [6.07, 6.45) is 3.56. The number of hydrogen-bond donors (Lipinski definition) is 2. The minimum absolute atomic E-state index is 0.0386. The molecule has 1 heterocycles. The molecule has 1 saturated carbocycles. The van der Waals surface area contributed by atoms with E-state index in [0.29, 0.717) is 12.8 Å². The highest BCUT2D eigenvalue weighted by molar-refractivity contribution is 5.79. The maximum absolute atomic E-state index is 12.3. The van der Waals surface area contributed by atoms with E-state index in [1.54, 1.807) is 0 Å². The van der Waals surface area contributed by atoms with Gasteiger partial charge in [-0.15, -0.1) is 0 Å². The number of hydrogen-bond acceptors (Lipinski definition) is 3. The van der Waals surface area contributed by atoms with E-state index in [-0.39, 0.29) is 23.8 Å². The van der Waals surface area contributed by atoms with E-state index in [0.717, 1.165) is 32.4 Å². The molecule has 2 N–H and O–H groups in total. The highest BCUT2D eigenvalue weighted by Crippen LogP contribution is 2.27. The fourth-order valence-corrected chi connectivity index (χ4v) is 2.99. The smallest absolute Gasteiger partial charge is 0.225 e. The average Bonchev–Trinajstić information content (AvgIpc) is 2.84. The number of carbonyl (C=O) groups excluding carboxylic acids is 2. The van der Waals surface area contributed by atoms with Crippen LogP contribution in [0.2, 0.25) is 0 Å². The highest BCUT2D eigenvalue weighted by atomic mass is 16.3. The molecular formula is C13H22N2O3. The lowest BCUT2D eigenvalue weighted by Crippen LogP contribution is -2.49. The molecule has 2 fully saturated rings. The number of rotatable bonds is 2. The van der Waals surface area contributed by atoms with Gasteiger partial charge in [-0.05, 0) is 32.1 Å². The SMILES string of the molecule is CC(=O)N[C@@H]1C[C@@H](C(=O)N2CCCC2)CC[C@H]1O. The van der Waals surface area contributed by atoms with Crippen LogP contribution in [0.3, 0.4) is 0 Å². The van der Waals surface area contributed by atoms with Gasteiger partial charge in [-0.2, -0.15) is 0 Å². The number of amides is 2. The van der Waals surface area contributed by atoms with Crippen molar-refractivity contribution in [3.05, 3.63) is 0 Å². The Morgan fingerprint density at radius 3 is 2.50 bits per heavy atom. The minimum atomic E-state index is -0.517. The van der Waals surface area contributed by atoms with Crippen molar-refractivity contribution in [1.82, 2.24) is 10.2 Å². The molecule has 2 amide bonds. The summed E-state index contributed by atoms with van der Waals surface area (Å²) in [5.41, 5.74) is 0. The van der Waals surface area contributed by atoms with Crippen LogP contribution in [0.25, 0.3) is 0 Å². The number of nitrogens with one attached hydrogen (secondary N) is 1. The molecule has 2 aliphatic rings. The average molecular weight is 254 g/mol. The van der Waals surface area contributed by atoms with Gasteiger partial charge in [0.2, 0.25) is 11.8 Å². The number of nitrogens with zero attached hydrogens (tertiary/aromatic N) is 1. The number of aliphatic hydroxyl groups excluding tert-OH is 1. The third-order valence-electron chi connectivity index (χ3n) is 3.97.